The number of likely N-dealkylation sites (tertiary alicyclic amines) is 1. The molecule has 2 amide bonds. The van der Waals surface area contributed by atoms with E-state index in [-0.39, 0.29) is 23.3 Å². The van der Waals surface area contributed by atoms with Crippen LogP contribution in [0.3, 0.4) is 0 Å². The Hall–Kier alpha value is -2.37. The molecule has 0 saturated carbocycles. The molecule has 0 spiro atoms. The van der Waals surface area contributed by atoms with Crippen molar-refractivity contribution < 1.29 is 19.5 Å². The molecule has 6 heteroatoms. The Labute approximate surface area is 148 Å². The first-order chi connectivity index (χ1) is 11.7. The smallest absolute Gasteiger partial charge is 0.335 e. The molecule has 1 heterocycles. The van der Waals surface area contributed by atoms with E-state index in [1.54, 1.807) is 12.1 Å². The topological polar surface area (TPSA) is 86.7 Å². The van der Waals surface area contributed by atoms with Crippen LogP contribution in [0.15, 0.2) is 24.3 Å². The standard InChI is InChI=1S/C19H26N2O4/c1-19(2,3)18(25)21-10-8-14(9-11-21)16(22)20-12-13-4-6-15(7-5-13)17(23)24/h4-7,14H,8-12H2,1-3H3,(H,20,22)(H,23,24). The van der Waals surface area contributed by atoms with Gasteiger partial charge in [0.15, 0.2) is 0 Å². The second kappa shape index (κ2) is 7.68. The summed E-state index contributed by atoms with van der Waals surface area (Å²) in [6.45, 7) is 7.32. The van der Waals surface area contributed by atoms with Gasteiger partial charge in [0, 0.05) is 31.0 Å². The number of carboxylic acids is 1. The van der Waals surface area contributed by atoms with Crippen molar-refractivity contribution in [3.63, 3.8) is 0 Å². The van der Waals surface area contributed by atoms with Crippen LogP contribution >= 0.6 is 0 Å². The molecule has 0 bridgehead atoms. The minimum atomic E-state index is -0.966. The Kier molecular flexibility index (Phi) is 5.82. The van der Waals surface area contributed by atoms with Crippen LogP contribution in [0.1, 0.15) is 49.5 Å². The highest BCUT2D eigenvalue weighted by atomic mass is 16.4. The number of hydrogen-bond donors (Lipinski definition) is 2. The van der Waals surface area contributed by atoms with Crippen molar-refractivity contribution in [3.8, 4) is 0 Å². The van der Waals surface area contributed by atoms with Gasteiger partial charge in [-0.05, 0) is 30.5 Å². The molecule has 2 rings (SSSR count). The van der Waals surface area contributed by atoms with Crippen LogP contribution in [0.4, 0.5) is 0 Å². The second-order valence-electron chi connectivity index (χ2n) is 7.54. The van der Waals surface area contributed by atoms with E-state index >= 15 is 0 Å². The van der Waals surface area contributed by atoms with E-state index < -0.39 is 11.4 Å². The summed E-state index contributed by atoms with van der Waals surface area (Å²) >= 11 is 0. The average Bonchev–Trinajstić information content (AvgIpc) is 2.58. The highest BCUT2D eigenvalue weighted by molar-refractivity contribution is 5.87. The SMILES string of the molecule is CC(C)(C)C(=O)N1CCC(C(=O)NCc2ccc(C(=O)O)cc2)CC1. The van der Waals surface area contributed by atoms with E-state index in [0.29, 0.717) is 32.5 Å². The lowest BCUT2D eigenvalue weighted by Gasteiger charge is -2.35. The number of rotatable bonds is 4. The highest BCUT2D eigenvalue weighted by Gasteiger charge is 2.32. The number of hydrogen-bond acceptors (Lipinski definition) is 3. The van der Waals surface area contributed by atoms with Crippen LogP contribution in [0.2, 0.25) is 0 Å². The van der Waals surface area contributed by atoms with E-state index in [4.69, 9.17) is 5.11 Å². The summed E-state index contributed by atoms with van der Waals surface area (Å²) in [5.41, 5.74) is 0.696. The van der Waals surface area contributed by atoms with Crippen LogP contribution in [0.25, 0.3) is 0 Å². The number of nitrogens with one attached hydrogen (secondary N) is 1. The fraction of sp³-hybridized carbons (Fsp3) is 0.526. The van der Waals surface area contributed by atoms with E-state index in [9.17, 15) is 14.4 Å². The quantitative estimate of drug-likeness (QED) is 0.876. The van der Waals surface area contributed by atoms with Gasteiger partial charge in [0.2, 0.25) is 11.8 Å². The molecule has 2 N–H and O–H groups in total. The lowest BCUT2D eigenvalue weighted by Crippen LogP contribution is -2.46. The summed E-state index contributed by atoms with van der Waals surface area (Å²) in [5.74, 6) is -0.926. The Morgan fingerprint density at radius 2 is 1.68 bits per heavy atom. The maximum absolute atomic E-state index is 12.3. The number of amides is 2. The van der Waals surface area contributed by atoms with Gasteiger partial charge in [-0.2, -0.15) is 0 Å². The van der Waals surface area contributed by atoms with Crippen LogP contribution in [0.5, 0.6) is 0 Å². The van der Waals surface area contributed by atoms with Crippen molar-refractivity contribution in [3.05, 3.63) is 35.4 Å². The van der Waals surface area contributed by atoms with E-state index in [2.05, 4.69) is 5.32 Å². The third-order valence-corrected chi connectivity index (χ3v) is 4.46. The molecule has 1 saturated heterocycles. The molecule has 25 heavy (non-hydrogen) atoms. The number of nitrogens with zero attached hydrogens (tertiary/aromatic N) is 1. The molecule has 0 aromatic heterocycles. The van der Waals surface area contributed by atoms with Crippen molar-refractivity contribution in [2.75, 3.05) is 13.1 Å². The lowest BCUT2D eigenvalue weighted by atomic mass is 9.90. The summed E-state index contributed by atoms with van der Waals surface area (Å²) in [6, 6.07) is 6.46. The summed E-state index contributed by atoms with van der Waals surface area (Å²) in [5, 5.41) is 11.8. The zero-order chi connectivity index (χ0) is 18.6. The van der Waals surface area contributed by atoms with Crippen LogP contribution < -0.4 is 5.32 Å². The van der Waals surface area contributed by atoms with E-state index in [1.165, 1.54) is 12.1 Å². The second-order valence-corrected chi connectivity index (χ2v) is 7.54. The summed E-state index contributed by atoms with van der Waals surface area (Å²) in [6.07, 6.45) is 1.34. The monoisotopic (exact) mass is 346 g/mol. The van der Waals surface area contributed by atoms with Gasteiger partial charge in [-0.3, -0.25) is 9.59 Å². The van der Waals surface area contributed by atoms with Crippen molar-refractivity contribution in [2.45, 2.75) is 40.2 Å². The van der Waals surface area contributed by atoms with Gasteiger partial charge in [-0.15, -0.1) is 0 Å². The molecule has 0 unspecified atom stereocenters. The van der Waals surface area contributed by atoms with Gasteiger partial charge in [0.25, 0.3) is 0 Å². The molecule has 0 aliphatic carbocycles. The zero-order valence-corrected chi connectivity index (χ0v) is 15.0. The molecule has 1 aromatic rings. The molecule has 1 aromatic carbocycles. The number of carbonyl (C=O) groups is 3. The molecule has 6 nitrogen and oxygen atoms in total. The fourth-order valence-corrected chi connectivity index (χ4v) is 2.92. The minimum absolute atomic E-state index is 0.00910. The van der Waals surface area contributed by atoms with Gasteiger partial charge in [0.05, 0.1) is 5.56 Å². The molecule has 1 aliphatic heterocycles. The van der Waals surface area contributed by atoms with Crippen molar-refractivity contribution in [1.29, 1.82) is 0 Å². The van der Waals surface area contributed by atoms with Gasteiger partial charge >= 0.3 is 5.97 Å². The Morgan fingerprint density at radius 3 is 2.16 bits per heavy atom. The zero-order valence-electron chi connectivity index (χ0n) is 15.0. The Balaban J connectivity index is 1.81. The molecule has 1 fully saturated rings. The molecule has 136 valence electrons. The van der Waals surface area contributed by atoms with Crippen molar-refractivity contribution in [1.82, 2.24) is 10.2 Å². The molecule has 0 atom stereocenters. The van der Waals surface area contributed by atoms with Crippen LogP contribution in [-0.4, -0.2) is 40.9 Å². The number of benzene rings is 1. The average molecular weight is 346 g/mol. The van der Waals surface area contributed by atoms with E-state index in [1.807, 2.05) is 25.7 Å². The third kappa shape index (κ3) is 5.05. The van der Waals surface area contributed by atoms with Gasteiger partial charge in [-0.1, -0.05) is 32.9 Å². The van der Waals surface area contributed by atoms with Crippen molar-refractivity contribution >= 4 is 17.8 Å². The number of carbonyl (C=O) groups excluding carboxylic acids is 2. The maximum Gasteiger partial charge on any atom is 0.335 e. The third-order valence-electron chi connectivity index (χ3n) is 4.46. The molecule has 0 radical (unpaired) electrons. The highest BCUT2D eigenvalue weighted by Crippen LogP contribution is 2.23. The first-order valence-electron chi connectivity index (χ1n) is 8.58. The van der Waals surface area contributed by atoms with Crippen molar-refractivity contribution in [2.24, 2.45) is 11.3 Å². The summed E-state index contributed by atoms with van der Waals surface area (Å²) < 4.78 is 0. The molecular formula is C19H26N2O4. The normalized spacial score (nSPS) is 15.7. The van der Waals surface area contributed by atoms with Gasteiger partial charge < -0.3 is 15.3 Å². The summed E-state index contributed by atoms with van der Waals surface area (Å²) in [7, 11) is 0. The first-order valence-corrected chi connectivity index (χ1v) is 8.58. The van der Waals surface area contributed by atoms with Crippen LogP contribution in [0, 0.1) is 11.3 Å². The number of aromatic carboxylic acids is 1. The van der Waals surface area contributed by atoms with Gasteiger partial charge in [0.1, 0.15) is 0 Å². The maximum atomic E-state index is 12.3. The Bertz CT molecular complexity index is 638. The van der Waals surface area contributed by atoms with Gasteiger partial charge in [-0.25, -0.2) is 4.79 Å². The first kappa shape index (κ1) is 19.0. The fourth-order valence-electron chi connectivity index (χ4n) is 2.92. The Morgan fingerprint density at radius 1 is 1.12 bits per heavy atom. The molecule has 1 aliphatic rings. The van der Waals surface area contributed by atoms with Crippen LogP contribution in [-0.2, 0) is 16.1 Å². The predicted molar refractivity (Wildman–Crippen MR) is 94.0 cm³/mol. The number of piperidine rings is 1. The summed E-state index contributed by atoms with van der Waals surface area (Å²) in [4.78, 5) is 37.2. The molecular weight excluding hydrogens is 320 g/mol. The lowest BCUT2D eigenvalue weighted by molar-refractivity contribution is -0.142. The number of carboxylic acid groups (broad SMARTS) is 1. The van der Waals surface area contributed by atoms with E-state index in [0.717, 1.165) is 5.56 Å². The predicted octanol–water partition coefficient (Wildman–Crippen LogP) is 2.29. The minimum Gasteiger partial charge on any atom is -0.478 e. The largest absolute Gasteiger partial charge is 0.478 e.